The highest BCUT2D eigenvalue weighted by Gasteiger charge is 2.26. The number of unbranched alkanes of at least 4 members (excludes halogenated alkanes) is 1. The maximum Gasteiger partial charge on any atom is 0.336 e. The molecule has 33 heavy (non-hydrogen) atoms. The van der Waals surface area contributed by atoms with Crippen LogP contribution >= 0.6 is 0 Å². The molecular formula is C26H30N4O3. The lowest BCUT2D eigenvalue weighted by molar-refractivity contribution is 0.0697. The lowest BCUT2D eigenvalue weighted by Crippen LogP contribution is -2.19. The third kappa shape index (κ3) is 5.35. The molecule has 1 aliphatic rings. The normalized spacial score (nSPS) is 14.3. The van der Waals surface area contributed by atoms with Crippen LogP contribution in [0.5, 0.6) is 0 Å². The van der Waals surface area contributed by atoms with E-state index in [1.807, 2.05) is 16.8 Å². The van der Waals surface area contributed by atoms with Gasteiger partial charge in [0.1, 0.15) is 5.82 Å². The smallest absolute Gasteiger partial charge is 0.336 e. The highest BCUT2D eigenvalue weighted by Crippen LogP contribution is 2.27. The molecule has 0 unspecified atom stereocenters. The zero-order valence-corrected chi connectivity index (χ0v) is 19.0. The van der Waals surface area contributed by atoms with Crippen LogP contribution in [0.25, 0.3) is 11.3 Å². The number of aryl methyl sites for hydroxylation is 1. The first-order valence-electron chi connectivity index (χ1n) is 11.8. The minimum absolute atomic E-state index is 0.0453. The van der Waals surface area contributed by atoms with E-state index in [1.54, 1.807) is 30.5 Å². The number of pyridine rings is 1. The molecule has 0 amide bonds. The molecule has 0 bridgehead atoms. The van der Waals surface area contributed by atoms with Crippen LogP contribution < -0.4 is 0 Å². The predicted octanol–water partition coefficient (Wildman–Crippen LogP) is 5.19. The first-order chi connectivity index (χ1) is 16.1. The Morgan fingerprint density at radius 3 is 2.58 bits per heavy atom. The molecule has 0 saturated heterocycles. The molecule has 1 aromatic carbocycles. The van der Waals surface area contributed by atoms with E-state index in [2.05, 4.69) is 22.0 Å². The minimum atomic E-state index is -0.976. The second kappa shape index (κ2) is 10.5. The summed E-state index contributed by atoms with van der Waals surface area (Å²) in [5.74, 6) is 0.251. The number of aromatic nitrogens is 4. The van der Waals surface area contributed by atoms with Gasteiger partial charge in [-0.15, -0.1) is 5.10 Å². The van der Waals surface area contributed by atoms with E-state index in [0.717, 1.165) is 56.5 Å². The Morgan fingerprint density at radius 1 is 1.09 bits per heavy atom. The van der Waals surface area contributed by atoms with Gasteiger partial charge in [-0.05, 0) is 37.0 Å². The molecular weight excluding hydrogens is 416 g/mol. The highest BCUT2D eigenvalue weighted by molar-refractivity contribution is 5.95. The highest BCUT2D eigenvalue weighted by atomic mass is 16.4. The Kier molecular flexibility index (Phi) is 7.27. The van der Waals surface area contributed by atoms with Crippen molar-refractivity contribution >= 4 is 11.8 Å². The summed E-state index contributed by atoms with van der Waals surface area (Å²) < 4.78 is 1.87. The van der Waals surface area contributed by atoms with E-state index in [9.17, 15) is 14.7 Å². The Bertz CT molecular complexity index is 1110. The summed E-state index contributed by atoms with van der Waals surface area (Å²) in [6.45, 7) is 2.86. The van der Waals surface area contributed by atoms with Crippen LogP contribution in [-0.4, -0.2) is 36.6 Å². The van der Waals surface area contributed by atoms with Crippen molar-refractivity contribution in [2.45, 2.75) is 64.8 Å². The average Bonchev–Trinajstić information content (AvgIpc) is 3.25. The van der Waals surface area contributed by atoms with E-state index in [1.165, 1.54) is 6.42 Å². The zero-order valence-electron chi connectivity index (χ0n) is 19.0. The largest absolute Gasteiger partial charge is 0.478 e. The Morgan fingerprint density at radius 2 is 1.88 bits per heavy atom. The van der Waals surface area contributed by atoms with Crippen LogP contribution in [0.3, 0.4) is 0 Å². The van der Waals surface area contributed by atoms with Crippen LogP contribution in [0.2, 0.25) is 0 Å². The van der Waals surface area contributed by atoms with Gasteiger partial charge in [0, 0.05) is 30.6 Å². The van der Waals surface area contributed by atoms with Gasteiger partial charge < -0.3 is 5.11 Å². The summed E-state index contributed by atoms with van der Waals surface area (Å²) in [5, 5.41) is 14.0. The van der Waals surface area contributed by atoms with E-state index < -0.39 is 5.97 Å². The number of ketones is 1. The number of carboxylic acids is 1. The van der Waals surface area contributed by atoms with Crippen LogP contribution in [0, 0.1) is 5.92 Å². The second-order valence-electron chi connectivity index (χ2n) is 8.71. The van der Waals surface area contributed by atoms with E-state index in [4.69, 9.17) is 0 Å². The molecule has 1 aliphatic carbocycles. The fourth-order valence-corrected chi connectivity index (χ4v) is 4.41. The van der Waals surface area contributed by atoms with E-state index in [-0.39, 0.29) is 17.3 Å². The van der Waals surface area contributed by atoms with Gasteiger partial charge in [0.05, 0.1) is 11.3 Å². The molecule has 0 spiro atoms. The fourth-order valence-electron chi connectivity index (χ4n) is 4.41. The quantitative estimate of drug-likeness (QED) is 0.454. The van der Waals surface area contributed by atoms with Crippen LogP contribution in [0.4, 0.5) is 0 Å². The van der Waals surface area contributed by atoms with Gasteiger partial charge in [0.2, 0.25) is 11.6 Å². The summed E-state index contributed by atoms with van der Waals surface area (Å²) in [4.78, 5) is 33.7. The summed E-state index contributed by atoms with van der Waals surface area (Å²) in [6, 6.07) is 10.6. The number of benzene rings is 1. The third-order valence-electron chi connectivity index (χ3n) is 6.29. The van der Waals surface area contributed by atoms with Crippen molar-refractivity contribution in [2.75, 3.05) is 0 Å². The molecule has 1 N–H and O–H groups in total. The molecule has 7 nitrogen and oxygen atoms in total. The van der Waals surface area contributed by atoms with Crippen LogP contribution in [0.15, 0.2) is 42.6 Å². The van der Waals surface area contributed by atoms with Crippen molar-refractivity contribution < 1.29 is 14.7 Å². The first-order valence-corrected chi connectivity index (χ1v) is 11.8. The molecule has 0 aliphatic heterocycles. The van der Waals surface area contributed by atoms with Gasteiger partial charge in [-0.2, -0.15) is 0 Å². The van der Waals surface area contributed by atoms with Crippen molar-refractivity contribution in [3.63, 3.8) is 0 Å². The topological polar surface area (TPSA) is 98.0 Å². The fraction of sp³-hybridized carbons (Fsp3) is 0.423. The molecule has 2 aromatic heterocycles. The van der Waals surface area contributed by atoms with Crippen molar-refractivity contribution in [1.29, 1.82) is 0 Å². The summed E-state index contributed by atoms with van der Waals surface area (Å²) >= 11 is 0. The Labute approximate surface area is 193 Å². The lowest BCUT2D eigenvalue weighted by atomic mass is 9.86. The number of rotatable bonds is 9. The number of carbonyl (C=O) groups is 2. The molecule has 3 aromatic rings. The number of aromatic carboxylic acids is 1. The number of carboxylic acid groups (broad SMARTS) is 1. The van der Waals surface area contributed by atoms with Crippen molar-refractivity contribution in [2.24, 2.45) is 5.92 Å². The Hall–Kier alpha value is -3.35. The van der Waals surface area contributed by atoms with Gasteiger partial charge in [-0.3, -0.25) is 9.78 Å². The molecule has 1 saturated carbocycles. The van der Waals surface area contributed by atoms with Crippen molar-refractivity contribution in [1.82, 2.24) is 19.7 Å². The van der Waals surface area contributed by atoms with Gasteiger partial charge in [-0.1, -0.05) is 56.9 Å². The van der Waals surface area contributed by atoms with Crippen LogP contribution in [-0.2, 0) is 13.0 Å². The molecule has 4 rings (SSSR count). The Balaban J connectivity index is 1.56. The van der Waals surface area contributed by atoms with Gasteiger partial charge in [0.15, 0.2) is 0 Å². The molecule has 1 fully saturated rings. The standard InChI is InChI=1S/C26H30N4O3/c1-2-3-15-30-23(28-25(29-30)24(31)19-9-5-4-6-10-19)16-18-13-14-22(27-17-18)20-11-7-8-12-21(20)26(32)33/h7-8,11-14,17,19H,2-6,9-10,15-16H2,1H3,(H,32,33). The molecule has 2 heterocycles. The average molecular weight is 447 g/mol. The number of nitrogens with zero attached hydrogens (tertiary/aromatic N) is 4. The summed E-state index contributed by atoms with van der Waals surface area (Å²) in [7, 11) is 0. The number of hydrogen-bond acceptors (Lipinski definition) is 5. The maximum atomic E-state index is 13.0. The zero-order chi connectivity index (χ0) is 23.2. The van der Waals surface area contributed by atoms with Crippen molar-refractivity contribution in [3.8, 4) is 11.3 Å². The van der Waals surface area contributed by atoms with Crippen molar-refractivity contribution in [3.05, 3.63) is 65.4 Å². The number of carbonyl (C=O) groups excluding carboxylic acids is 1. The monoisotopic (exact) mass is 446 g/mol. The van der Waals surface area contributed by atoms with E-state index >= 15 is 0 Å². The minimum Gasteiger partial charge on any atom is -0.478 e. The molecule has 0 atom stereocenters. The molecule has 0 radical (unpaired) electrons. The number of hydrogen-bond donors (Lipinski definition) is 1. The SMILES string of the molecule is CCCCn1nc(C(=O)C2CCCCC2)nc1Cc1ccc(-c2ccccc2C(=O)O)nc1. The summed E-state index contributed by atoms with van der Waals surface area (Å²) in [5.41, 5.74) is 2.36. The maximum absolute atomic E-state index is 13.0. The van der Waals surface area contributed by atoms with Gasteiger partial charge in [-0.25, -0.2) is 14.5 Å². The molecule has 7 heteroatoms. The number of Topliss-reactive ketones (excluding diaryl/α,β-unsaturated/α-hetero) is 1. The lowest BCUT2D eigenvalue weighted by Gasteiger charge is -2.18. The summed E-state index contributed by atoms with van der Waals surface area (Å²) in [6.07, 6.45) is 9.53. The predicted molar refractivity (Wildman–Crippen MR) is 125 cm³/mol. The third-order valence-corrected chi connectivity index (χ3v) is 6.29. The van der Waals surface area contributed by atoms with E-state index in [0.29, 0.717) is 23.5 Å². The van der Waals surface area contributed by atoms with Gasteiger partial charge >= 0.3 is 5.97 Å². The first kappa shape index (κ1) is 22.8. The molecule has 172 valence electrons. The van der Waals surface area contributed by atoms with Crippen LogP contribution in [0.1, 0.15) is 84.2 Å². The van der Waals surface area contributed by atoms with Gasteiger partial charge in [0.25, 0.3) is 0 Å². The second-order valence-corrected chi connectivity index (χ2v) is 8.71.